The first-order chi connectivity index (χ1) is 8.19. The van der Waals surface area contributed by atoms with E-state index in [4.69, 9.17) is 0 Å². The highest BCUT2D eigenvalue weighted by Gasteiger charge is 2.26. The number of piperidine rings is 1. The Morgan fingerprint density at radius 2 is 2.12 bits per heavy atom. The Bertz CT molecular complexity index is 229. The monoisotopic (exact) mass is 241 g/mol. The van der Waals surface area contributed by atoms with E-state index in [-0.39, 0.29) is 11.9 Å². The number of carbonyl (C=O) groups is 1. The van der Waals surface area contributed by atoms with Crippen molar-refractivity contribution in [1.29, 1.82) is 0 Å². The number of hydrogen-bond acceptors (Lipinski definition) is 3. The Morgan fingerprint density at radius 3 is 2.71 bits per heavy atom. The van der Waals surface area contributed by atoms with Gasteiger partial charge in [-0.1, -0.05) is 20.8 Å². The predicted molar refractivity (Wildman–Crippen MR) is 71.0 cm³/mol. The van der Waals surface area contributed by atoms with Crippen LogP contribution in [0.15, 0.2) is 0 Å². The molecule has 4 nitrogen and oxygen atoms in total. The van der Waals surface area contributed by atoms with E-state index in [9.17, 15) is 4.79 Å². The number of nitrogens with zero attached hydrogens (tertiary/aromatic N) is 1. The van der Waals surface area contributed by atoms with Crippen molar-refractivity contribution in [1.82, 2.24) is 15.5 Å². The lowest BCUT2D eigenvalue weighted by Crippen LogP contribution is -2.51. The maximum atomic E-state index is 12.0. The summed E-state index contributed by atoms with van der Waals surface area (Å²) >= 11 is 0. The predicted octanol–water partition coefficient (Wildman–Crippen LogP) is 0.833. The van der Waals surface area contributed by atoms with Crippen LogP contribution in [0.1, 0.15) is 33.6 Å². The molecule has 1 aliphatic rings. The zero-order chi connectivity index (χ0) is 12.7. The quantitative estimate of drug-likeness (QED) is 0.724. The molecule has 17 heavy (non-hydrogen) atoms. The van der Waals surface area contributed by atoms with Crippen LogP contribution < -0.4 is 10.6 Å². The van der Waals surface area contributed by atoms with Gasteiger partial charge in [0.15, 0.2) is 0 Å². The van der Waals surface area contributed by atoms with E-state index in [0.717, 1.165) is 39.1 Å². The Balaban J connectivity index is 2.24. The number of nitrogens with one attached hydrogen (secondary N) is 2. The molecule has 100 valence electrons. The van der Waals surface area contributed by atoms with Gasteiger partial charge in [0, 0.05) is 13.1 Å². The summed E-state index contributed by atoms with van der Waals surface area (Å²) in [6, 6.07) is 0.0143. The fraction of sp³-hybridized carbons (Fsp3) is 0.923. The Morgan fingerprint density at radius 1 is 1.41 bits per heavy atom. The van der Waals surface area contributed by atoms with Gasteiger partial charge in [0.1, 0.15) is 0 Å². The fourth-order valence-corrected chi connectivity index (χ4v) is 2.39. The molecule has 1 aliphatic heterocycles. The smallest absolute Gasteiger partial charge is 0.237 e. The molecule has 0 saturated carbocycles. The summed E-state index contributed by atoms with van der Waals surface area (Å²) in [6.07, 6.45) is 2.34. The van der Waals surface area contributed by atoms with Crippen molar-refractivity contribution in [2.45, 2.75) is 39.7 Å². The van der Waals surface area contributed by atoms with Crippen LogP contribution in [-0.2, 0) is 4.79 Å². The van der Waals surface area contributed by atoms with Crippen molar-refractivity contribution in [2.75, 3.05) is 32.7 Å². The lowest BCUT2D eigenvalue weighted by Gasteiger charge is -2.29. The highest BCUT2D eigenvalue weighted by molar-refractivity contribution is 5.82. The van der Waals surface area contributed by atoms with Crippen molar-refractivity contribution in [3.05, 3.63) is 0 Å². The second kappa shape index (κ2) is 7.67. The van der Waals surface area contributed by atoms with E-state index >= 15 is 0 Å². The Labute approximate surface area is 105 Å². The number of carbonyl (C=O) groups excluding carboxylic acids is 1. The van der Waals surface area contributed by atoms with E-state index in [2.05, 4.69) is 36.3 Å². The largest absolute Gasteiger partial charge is 0.353 e. The molecule has 0 radical (unpaired) electrons. The van der Waals surface area contributed by atoms with Crippen LogP contribution in [0.5, 0.6) is 0 Å². The molecule has 0 spiro atoms. The summed E-state index contributed by atoms with van der Waals surface area (Å²) < 4.78 is 0. The summed E-state index contributed by atoms with van der Waals surface area (Å²) in [7, 11) is 0. The number of amides is 1. The molecule has 0 bridgehead atoms. The molecule has 1 rings (SSSR count). The maximum Gasteiger partial charge on any atom is 0.237 e. The van der Waals surface area contributed by atoms with Gasteiger partial charge in [0.05, 0.1) is 6.04 Å². The normalized spacial score (nSPS) is 24.9. The molecule has 2 N–H and O–H groups in total. The third-order valence-electron chi connectivity index (χ3n) is 3.67. The molecule has 2 unspecified atom stereocenters. The lowest BCUT2D eigenvalue weighted by atomic mass is 9.92. The first kappa shape index (κ1) is 14.5. The minimum absolute atomic E-state index is 0.0143. The maximum absolute atomic E-state index is 12.0. The van der Waals surface area contributed by atoms with Gasteiger partial charge in [-0.05, 0) is 38.4 Å². The Hall–Kier alpha value is -0.610. The first-order valence-corrected chi connectivity index (χ1v) is 6.92. The van der Waals surface area contributed by atoms with Gasteiger partial charge in [-0.25, -0.2) is 0 Å². The van der Waals surface area contributed by atoms with Gasteiger partial charge in [-0.3, -0.25) is 4.79 Å². The van der Waals surface area contributed by atoms with Crippen LogP contribution in [0.25, 0.3) is 0 Å². The Kier molecular flexibility index (Phi) is 6.52. The number of hydrogen-bond donors (Lipinski definition) is 2. The average Bonchev–Trinajstić information content (AvgIpc) is 2.35. The van der Waals surface area contributed by atoms with Crippen molar-refractivity contribution < 1.29 is 4.79 Å². The molecule has 1 fully saturated rings. The van der Waals surface area contributed by atoms with E-state index in [0.29, 0.717) is 5.92 Å². The molecular formula is C13H27N3O. The van der Waals surface area contributed by atoms with E-state index in [1.54, 1.807) is 0 Å². The standard InChI is InChI=1S/C13H27N3O/c1-4-16(5-2)10-9-15-13(17)12-11(3)7-6-8-14-12/h11-12,14H,4-10H2,1-3H3,(H,15,17). The molecule has 1 amide bonds. The summed E-state index contributed by atoms with van der Waals surface area (Å²) in [5.74, 6) is 0.626. The van der Waals surface area contributed by atoms with E-state index in [1.165, 1.54) is 6.42 Å². The van der Waals surface area contributed by atoms with Crippen LogP contribution in [0.2, 0.25) is 0 Å². The summed E-state index contributed by atoms with van der Waals surface area (Å²) in [6.45, 7) is 11.2. The summed E-state index contributed by atoms with van der Waals surface area (Å²) in [5.41, 5.74) is 0. The third kappa shape index (κ3) is 4.64. The molecule has 1 saturated heterocycles. The number of rotatable bonds is 6. The van der Waals surface area contributed by atoms with E-state index in [1.807, 2.05) is 0 Å². The van der Waals surface area contributed by atoms with Crippen molar-refractivity contribution in [3.8, 4) is 0 Å². The molecule has 0 aromatic heterocycles. The second-order valence-corrected chi connectivity index (χ2v) is 4.87. The summed E-state index contributed by atoms with van der Waals surface area (Å²) in [5, 5.41) is 6.35. The van der Waals surface area contributed by atoms with Gasteiger partial charge in [-0.15, -0.1) is 0 Å². The minimum Gasteiger partial charge on any atom is -0.353 e. The second-order valence-electron chi connectivity index (χ2n) is 4.87. The van der Waals surface area contributed by atoms with Crippen LogP contribution in [0.3, 0.4) is 0 Å². The molecule has 0 aliphatic carbocycles. The van der Waals surface area contributed by atoms with Crippen LogP contribution in [-0.4, -0.2) is 49.6 Å². The molecule has 1 heterocycles. The first-order valence-electron chi connectivity index (χ1n) is 6.92. The topological polar surface area (TPSA) is 44.4 Å². The molecule has 4 heteroatoms. The van der Waals surface area contributed by atoms with Crippen LogP contribution >= 0.6 is 0 Å². The van der Waals surface area contributed by atoms with Gasteiger partial charge in [-0.2, -0.15) is 0 Å². The highest BCUT2D eigenvalue weighted by Crippen LogP contribution is 2.15. The van der Waals surface area contributed by atoms with Crippen molar-refractivity contribution in [3.63, 3.8) is 0 Å². The number of likely N-dealkylation sites (N-methyl/N-ethyl adjacent to an activating group) is 1. The van der Waals surface area contributed by atoms with E-state index < -0.39 is 0 Å². The molecule has 0 aromatic carbocycles. The minimum atomic E-state index is 0.0143. The van der Waals surface area contributed by atoms with Crippen LogP contribution in [0.4, 0.5) is 0 Å². The highest BCUT2D eigenvalue weighted by atomic mass is 16.2. The average molecular weight is 241 g/mol. The van der Waals surface area contributed by atoms with Crippen molar-refractivity contribution in [2.24, 2.45) is 5.92 Å². The fourth-order valence-electron chi connectivity index (χ4n) is 2.39. The SMILES string of the molecule is CCN(CC)CCNC(=O)C1NCCCC1C. The molecular weight excluding hydrogens is 214 g/mol. The summed E-state index contributed by atoms with van der Waals surface area (Å²) in [4.78, 5) is 14.3. The third-order valence-corrected chi connectivity index (χ3v) is 3.67. The molecule has 2 atom stereocenters. The van der Waals surface area contributed by atoms with Gasteiger partial charge in [0.25, 0.3) is 0 Å². The molecule has 0 aromatic rings. The zero-order valence-electron chi connectivity index (χ0n) is 11.5. The van der Waals surface area contributed by atoms with Crippen LogP contribution in [0, 0.1) is 5.92 Å². The van der Waals surface area contributed by atoms with Gasteiger partial charge < -0.3 is 15.5 Å². The van der Waals surface area contributed by atoms with Gasteiger partial charge >= 0.3 is 0 Å². The zero-order valence-corrected chi connectivity index (χ0v) is 11.5. The van der Waals surface area contributed by atoms with Gasteiger partial charge in [0.2, 0.25) is 5.91 Å². The van der Waals surface area contributed by atoms with Crippen molar-refractivity contribution >= 4 is 5.91 Å². The lowest BCUT2D eigenvalue weighted by molar-refractivity contribution is -0.124.